The van der Waals surface area contributed by atoms with Crippen molar-refractivity contribution in [2.24, 2.45) is 5.73 Å². The lowest BCUT2D eigenvalue weighted by Crippen LogP contribution is -2.27. The van der Waals surface area contributed by atoms with Gasteiger partial charge in [0.1, 0.15) is 0 Å². The van der Waals surface area contributed by atoms with Crippen molar-refractivity contribution in [3.63, 3.8) is 0 Å². The number of nitrogens with two attached hydrogens (primary N) is 1. The molecule has 4 nitrogen and oxygen atoms in total. The van der Waals surface area contributed by atoms with Crippen LogP contribution in [0.5, 0.6) is 0 Å². The molecule has 1 aliphatic heterocycles. The smallest absolute Gasteiger partial charge is 0.226 e. The summed E-state index contributed by atoms with van der Waals surface area (Å²) in [6, 6.07) is 18.7. The fraction of sp³-hybridized carbons (Fsp3) is 0.222. The zero-order valence-electron chi connectivity index (χ0n) is 12.7. The van der Waals surface area contributed by atoms with Gasteiger partial charge < -0.3 is 10.6 Å². The Balaban J connectivity index is 0.00000156. The van der Waals surface area contributed by atoms with Gasteiger partial charge in [-0.3, -0.25) is 0 Å². The highest BCUT2D eigenvalue weighted by molar-refractivity contribution is 5.93. The van der Waals surface area contributed by atoms with E-state index in [1.165, 1.54) is 0 Å². The quantitative estimate of drug-likeness (QED) is 0.785. The first-order valence-electron chi connectivity index (χ1n) is 7.64. The molecular weight excluding hydrogens is 308 g/mol. The number of para-hydroxylation sites is 1. The van der Waals surface area contributed by atoms with Crippen LogP contribution in [-0.2, 0) is 0 Å². The third-order valence-corrected chi connectivity index (χ3v) is 4.15. The van der Waals surface area contributed by atoms with Crippen molar-refractivity contribution in [1.29, 1.82) is 0 Å². The lowest BCUT2D eigenvalue weighted by Gasteiger charge is -2.17. The fourth-order valence-electron chi connectivity index (χ4n) is 2.99. The van der Waals surface area contributed by atoms with Gasteiger partial charge in [0.15, 0.2) is 0 Å². The predicted octanol–water partition coefficient (Wildman–Crippen LogP) is 3.26. The van der Waals surface area contributed by atoms with E-state index < -0.39 is 0 Å². The van der Waals surface area contributed by atoms with Crippen molar-refractivity contribution in [1.82, 2.24) is 9.97 Å². The summed E-state index contributed by atoms with van der Waals surface area (Å²) in [7, 11) is 0. The maximum Gasteiger partial charge on any atom is 0.226 e. The molecule has 1 unspecified atom stereocenters. The van der Waals surface area contributed by atoms with Gasteiger partial charge in [-0.1, -0.05) is 48.5 Å². The maximum absolute atomic E-state index is 6.03. The van der Waals surface area contributed by atoms with Gasteiger partial charge in [-0.05, 0) is 12.5 Å². The van der Waals surface area contributed by atoms with Gasteiger partial charge in [0.2, 0.25) is 5.95 Å². The van der Waals surface area contributed by atoms with Gasteiger partial charge in [0, 0.05) is 30.1 Å². The third-order valence-electron chi connectivity index (χ3n) is 4.15. The van der Waals surface area contributed by atoms with E-state index in [0.717, 1.165) is 47.6 Å². The normalized spacial score (nSPS) is 17.3. The zero-order valence-corrected chi connectivity index (χ0v) is 13.5. The number of benzene rings is 2. The van der Waals surface area contributed by atoms with Crippen LogP contribution in [0.1, 0.15) is 6.42 Å². The molecular formula is C18H19ClN4. The molecule has 5 heteroatoms. The summed E-state index contributed by atoms with van der Waals surface area (Å²) in [6.07, 6.45) is 0.997. The van der Waals surface area contributed by atoms with Crippen molar-refractivity contribution < 1.29 is 0 Å². The van der Waals surface area contributed by atoms with Gasteiger partial charge >= 0.3 is 0 Å². The molecule has 4 rings (SSSR count). The number of nitrogens with zero attached hydrogens (tertiary/aromatic N) is 3. The molecule has 0 spiro atoms. The summed E-state index contributed by atoms with van der Waals surface area (Å²) in [5.74, 6) is 0.783. The highest BCUT2D eigenvalue weighted by Crippen LogP contribution is 2.28. The van der Waals surface area contributed by atoms with Gasteiger partial charge in [-0.15, -0.1) is 12.4 Å². The summed E-state index contributed by atoms with van der Waals surface area (Å²) < 4.78 is 0. The molecule has 1 fully saturated rings. The number of fused-ring (bicyclic) bond motifs is 1. The van der Waals surface area contributed by atoms with Gasteiger partial charge in [-0.2, -0.15) is 0 Å². The molecule has 1 aromatic heterocycles. The third kappa shape index (κ3) is 3.00. The van der Waals surface area contributed by atoms with E-state index in [-0.39, 0.29) is 18.4 Å². The first-order chi connectivity index (χ1) is 10.8. The van der Waals surface area contributed by atoms with Crippen molar-refractivity contribution in [2.75, 3.05) is 18.0 Å². The average Bonchev–Trinajstić information content (AvgIpc) is 3.01. The van der Waals surface area contributed by atoms with Gasteiger partial charge in [0.05, 0.1) is 11.2 Å². The fourth-order valence-corrected chi connectivity index (χ4v) is 2.99. The average molecular weight is 327 g/mol. The highest BCUT2D eigenvalue weighted by atomic mass is 35.5. The van der Waals surface area contributed by atoms with Crippen molar-refractivity contribution in [3.05, 3.63) is 54.6 Å². The minimum Gasteiger partial charge on any atom is -0.339 e. The minimum atomic E-state index is 0. The van der Waals surface area contributed by atoms with E-state index in [1.54, 1.807) is 0 Å². The number of rotatable bonds is 2. The Morgan fingerprint density at radius 2 is 1.70 bits per heavy atom. The Morgan fingerprint density at radius 1 is 0.957 bits per heavy atom. The number of aromatic nitrogens is 2. The first-order valence-corrected chi connectivity index (χ1v) is 7.64. The maximum atomic E-state index is 6.03. The number of hydrogen-bond donors (Lipinski definition) is 1. The molecule has 0 amide bonds. The van der Waals surface area contributed by atoms with E-state index in [9.17, 15) is 0 Å². The lowest BCUT2D eigenvalue weighted by molar-refractivity contribution is 0.750. The van der Waals surface area contributed by atoms with Crippen LogP contribution in [0.3, 0.4) is 0 Å². The molecule has 2 N–H and O–H groups in total. The molecule has 2 aromatic carbocycles. The van der Waals surface area contributed by atoms with Gasteiger partial charge in [0.25, 0.3) is 0 Å². The second-order valence-electron chi connectivity index (χ2n) is 5.75. The van der Waals surface area contributed by atoms with E-state index in [1.807, 2.05) is 36.4 Å². The monoisotopic (exact) mass is 326 g/mol. The lowest BCUT2D eigenvalue weighted by atomic mass is 10.1. The van der Waals surface area contributed by atoms with Crippen LogP contribution in [0, 0.1) is 0 Å². The Morgan fingerprint density at radius 3 is 2.43 bits per heavy atom. The van der Waals surface area contributed by atoms with Crippen LogP contribution in [-0.4, -0.2) is 29.1 Å². The zero-order chi connectivity index (χ0) is 14.9. The predicted molar refractivity (Wildman–Crippen MR) is 97.0 cm³/mol. The van der Waals surface area contributed by atoms with E-state index in [4.69, 9.17) is 15.7 Å². The molecule has 1 atom stereocenters. The standard InChI is InChI=1S/C18H18N4.ClH/c19-14-10-11-22(12-14)18-20-16-9-5-4-8-15(16)17(21-18)13-6-2-1-3-7-13;/h1-9,14H,10-12,19H2;1H. The van der Waals surface area contributed by atoms with Crippen LogP contribution in [0.2, 0.25) is 0 Å². The number of anilines is 1. The largest absolute Gasteiger partial charge is 0.339 e. The number of hydrogen-bond acceptors (Lipinski definition) is 4. The van der Waals surface area contributed by atoms with Crippen molar-refractivity contribution in [2.45, 2.75) is 12.5 Å². The Bertz CT molecular complexity index is 806. The van der Waals surface area contributed by atoms with E-state index in [0.29, 0.717) is 0 Å². The molecule has 0 saturated carbocycles. The topological polar surface area (TPSA) is 55.0 Å². The first kappa shape index (κ1) is 15.7. The van der Waals surface area contributed by atoms with E-state index in [2.05, 4.69) is 23.1 Å². The van der Waals surface area contributed by atoms with Crippen molar-refractivity contribution >= 4 is 29.3 Å². The minimum absolute atomic E-state index is 0. The molecule has 118 valence electrons. The molecule has 1 aliphatic rings. The molecule has 23 heavy (non-hydrogen) atoms. The van der Waals surface area contributed by atoms with Crippen LogP contribution in [0.25, 0.3) is 22.2 Å². The summed E-state index contributed by atoms with van der Waals surface area (Å²) in [6.45, 7) is 1.75. The van der Waals surface area contributed by atoms with Gasteiger partial charge in [-0.25, -0.2) is 9.97 Å². The van der Waals surface area contributed by atoms with Crippen LogP contribution in [0.15, 0.2) is 54.6 Å². The summed E-state index contributed by atoms with van der Waals surface area (Å²) >= 11 is 0. The molecule has 0 bridgehead atoms. The second-order valence-corrected chi connectivity index (χ2v) is 5.75. The Kier molecular flexibility index (Phi) is 4.46. The summed E-state index contributed by atoms with van der Waals surface area (Å²) in [5, 5.41) is 1.08. The molecule has 3 aromatic rings. The van der Waals surface area contributed by atoms with Crippen LogP contribution in [0.4, 0.5) is 5.95 Å². The Hall–Kier alpha value is -2.17. The molecule has 2 heterocycles. The van der Waals surface area contributed by atoms with Crippen LogP contribution >= 0.6 is 12.4 Å². The summed E-state index contributed by atoms with van der Waals surface area (Å²) in [4.78, 5) is 11.8. The molecule has 0 radical (unpaired) electrons. The molecule has 1 saturated heterocycles. The molecule has 0 aliphatic carbocycles. The second kappa shape index (κ2) is 6.52. The summed E-state index contributed by atoms with van der Waals surface area (Å²) in [5.41, 5.74) is 9.11. The SMILES string of the molecule is Cl.NC1CCN(c2nc(-c3ccccc3)c3ccccc3n2)C1. The Labute approximate surface area is 141 Å². The highest BCUT2D eigenvalue weighted by Gasteiger charge is 2.22. The van der Waals surface area contributed by atoms with E-state index >= 15 is 0 Å². The number of halogens is 1. The van der Waals surface area contributed by atoms with Crippen LogP contribution < -0.4 is 10.6 Å². The van der Waals surface area contributed by atoms with Crippen molar-refractivity contribution in [3.8, 4) is 11.3 Å².